The van der Waals surface area contributed by atoms with Gasteiger partial charge >= 0.3 is 0 Å². The van der Waals surface area contributed by atoms with E-state index in [9.17, 15) is 9.90 Å². The van der Waals surface area contributed by atoms with Gasteiger partial charge in [-0.25, -0.2) is 0 Å². The van der Waals surface area contributed by atoms with Gasteiger partial charge in [0.05, 0.1) is 12.1 Å². The first-order valence-corrected chi connectivity index (χ1v) is 5.87. The second-order valence-corrected chi connectivity index (χ2v) is 4.94. The monoisotopic (exact) mass is 248 g/mol. The molecule has 1 saturated heterocycles. The maximum absolute atomic E-state index is 11.7. The van der Waals surface area contributed by atoms with Crippen LogP contribution in [0.15, 0.2) is 0 Å². The summed E-state index contributed by atoms with van der Waals surface area (Å²) in [7, 11) is 0. The first-order valence-electron chi connectivity index (χ1n) is 5.87. The number of β-amino-alcohol motifs (C(OH)–C–C–N with tert-alkyl or cyclic N) is 1. The lowest BCUT2D eigenvalue weighted by atomic mass is 10.1. The third-order valence-corrected chi connectivity index (χ3v) is 3.20. The molecule has 3 unspecified atom stereocenters. The van der Waals surface area contributed by atoms with E-state index in [2.05, 4.69) is 17.6 Å². The van der Waals surface area contributed by atoms with E-state index in [1.54, 1.807) is 0 Å². The SMILES string of the molecule is CC(CC1CC1)NC(=O)C1CC(O)CN1.Cl. The van der Waals surface area contributed by atoms with Crippen LogP contribution in [0.5, 0.6) is 0 Å². The van der Waals surface area contributed by atoms with Gasteiger partial charge in [-0.15, -0.1) is 12.4 Å². The van der Waals surface area contributed by atoms with E-state index >= 15 is 0 Å². The van der Waals surface area contributed by atoms with Crippen molar-refractivity contribution in [2.75, 3.05) is 6.54 Å². The molecule has 1 heterocycles. The van der Waals surface area contributed by atoms with Gasteiger partial charge < -0.3 is 15.7 Å². The van der Waals surface area contributed by atoms with Gasteiger partial charge in [0.2, 0.25) is 5.91 Å². The highest BCUT2D eigenvalue weighted by Crippen LogP contribution is 2.33. The van der Waals surface area contributed by atoms with Crippen molar-refractivity contribution in [2.45, 2.75) is 50.8 Å². The molecule has 0 bridgehead atoms. The van der Waals surface area contributed by atoms with Crippen LogP contribution < -0.4 is 10.6 Å². The Morgan fingerprint density at radius 1 is 1.56 bits per heavy atom. The number of aliphatic hydroxyl groups excluding tert-OH is 1. The molecule has 2 rings (SSSR count). The topological polar surface area (TPSA) is 61.4 Å². The summed E-state index contributed by atoms with van der Waals surface area (Å²) in [6.07, 6.45) is 3.92. The third-order valence-electron chi connectivity index (χ3n) is 3.20. The highest BCUT2D eigenvalue weighted by Gasteiger charge is 2.30. The Balaban J connectivity index is 0.00000128. The third kappa shape index (κ3) is 3.92. The van der Waals surface area contributed by atoms with Gasteiger partial charge in [-0.2, -0.15) is 0 Å². The molecule has 1 saturated carbocycles. The lowest BCUT2D eigenvalue weighted by molar-refractivity contribution is -0.123. The van der Waals surface area contributed by atoms with E-state index < -0.39 is 0 Å². The molecule has 16 heavy (non-hydrogen) atoms. The minimum absolute atomic E-state index is 0. The van der Waals surface area contributed by atoms with Gasteiger partial charge in [-0.1, -0.05) is 12.8 Å². The highest BCUT2D eigenvalue weighted by molar-refractivity contribution is 5.85. The standard InChI is InChI=1S/C11H20N2O2.ClH/c1-7(4-8-2-3-8)13-11(15)10-5-9(14)6-12-10;/h7-10,12,14H,2-6H2,1H3,(H,13,15);1H. The molecule has 0 spiro atoms. The molecular formula is C11H21ClN2O2. The molecule has 5 heteroatoms. The molecule has 0 aromatic heterocycles. The summed E-state index contributed by atoms with van der Waals surface area (Å²) in [5, 5.41) is 15.3. The summed E-state index contributed by atoms with van der Waals surface area (Å²) in [5.74, 6) is 0.877. The average Bonchev–Trinajstić information content (AvgIpc) is 2.85. The summed E-state index contributed by atoms with van der Waals surface area (Å²) < 4.78 is 0. The number of hydrogen-bond donors (Lipinski definition) is 3. The molecule has 4 nitrogen and oxygen atoms in total. The zero-order chi connectivity index (χ0) is 10.8. The number of aliphatic hydroxyl groups is 1. The quantitative estimate of drug-likeness (QED) is 0.677. The molecule has 1 amide bonds. The maximum Gasteiger partial charge on any atom is 0.237 e. The maximum atomic E-state index is 11.7. The fourth-order valence-electron chi connectivity index (χ4n) is 2.17. The fraction of sp³-hybridized carbons (Fsp3) is 0.909. The number of amides is 1. The normalized spacial score (nSPS) is 30.6. The molecule has 1 aliphatic heterocycles. The Morgan fingerprint density at radius 3 is 2.75 bits per heavy atom. The number of rotatable bonds is 4. The lowest BCUT2D eigenvalue weighted by Gasteiger charge is -2.16. The van der Waals surface area contributed by atoms with Gasteiger partial charge in [-0.05, 0) is 25.7 Å². The number of carbonyl (C=O) groups excluding carboxylic acids is 1. The van der Waals surface area contributed by atoms with Crippen LogP contribution in [-0.2, 0) is 4.79 Å². The second-order valence-electron chi connectivity index (χ2n) is 4.94. The van der Waals surface area contributed by atoms with E-state index in [-0.39, 0.29) is 36.5 Å². The summed E-state index contributed by atoms with van der Waals surface area (Å²) in [4.78, 5) is 11.7. The molecule has 2 aliphatic rings. The number of halogens is 1. The Kier molecular flexibility index (Phi) is 5.02. The predicted molar refractivity (Wildman–Crippen MR) is 64.6 cm³/mol. The van der Waals surface area contributed by atoms with Gasteiger partial charge in [0.1, 0.15) is 0 Å². The van der Waals surface area contributed by atoms with E-state index in [0.29, 0.717) is 13.0 Å². The van der Waals surface area contributed by atoms with Gasteiger partial charge in [0.15, 0.2) is 0 Å². The molecule has 1 aliphatic carbocycles. The zero-order valence-corrected chi connectivity index (χ0v) is 10.4. The molecule has 0 radical (unpaired) electrons. The molecule has 0 aromatic carbocycles. The van der Waals surface area contributed by atoms with Crippen molar-refractivity contribution < 1.29 is 9.90 Å². The van der Waals surface area contributed by atoms with Crippen LogP contribution in [0, 0.1) is 5.92 Å². The predicted octanol–water partition coefficient (Wildman–Crippen LogP) is 0.436. The Hall–Kier alpha value is -0.320. The molecular weight excluding hydrogens is 228 g/mol. The molecule has 3 atom stereocenters. The van der Waals surface area contributed by atoms with Gasteiger partial charge in [0.25, 0.3) is 0 Å². The minimum Gasteiger partial charge on any atom is -0.392 e. The van der Waals surface area contributed by atoms with E-state index in [4.69, 9.17) is 0 Å². The average molecular weight is 249 g/mol. The zero-order valence-electron chi connectivity index (χ0n) is 9.61. The van der Waals surface area contributed by atoms with Crippen LogP contribution in [0.2, 0.25) is 0 Å². The summed E-state index contributed by atoms with van der Waals surface area (Å²) in [5.41, 5.74) is 0. The van der Waals surface area contributed by atoms with Crippen molar-refractivity contribution in [1.82, 2.24) is 10.6 Å². The summed E-state index contributed by atoms with van der Waals surface area (Å²) in [6.45, 7) is 2.59. The van der Waals surface area contributed by atoms with Crippen LogP contribution in [0.3, 0.4) is 0 Å². The van der Waals surface area contributed by atoms with Crippen LogP contribution in [0.25, 0.3) is 0 Å². The van der Waals surface area contributed by atoms with Crippen molar-refractivity contribution in [1.29, 1.82) is 0 Å². The first-order chi connectivity index (χ1) is 7.15. The minimum atomic E-state index is -0.362. The second kappa shape index (κ2) is 5.84. The number of carbonyl (C=O) groups is 1. The van der Waals surface area contributed by atoms with E-state index in [1.165, 1.54) is 12.8 Å². The fourth-order valence-corrected chi connectivity index (χ4v) is 2.17. The van der Waals surface area contributed by atoms with Gasteiger partial charge in [-0.3, -0.25) is 4.79 Å². The van der Waals surface area contributed by atoms with Crippen molar-refractivity contribution in [3.8, 4) is 0 Å². The number of hydrogen-bond acceptors (Lipinski definition) is 3. The first kappa shape index (κ1) is 13.7. The molecule has 0 aromatic rings. The Morgan fingerprint density at radius 2 is 2.25 bits per heavy atom. The molecule has 94 valence electrons. The largest absolute Gasteiger partial charge is 0.392 e. The van der Waals surface area contributed by atoms with Crippen molar-refractivity contribution in [2.24, 2.45) is 5.92 Å². The Bertz CT molecular complexity index is 246. The van der Waals surface area contributed by atoms with Crippen molar-refractivity contribution in [3.63, 3.8) is 0 Å². The summed E-state index contributed by atoms with van der Waals surface area (Å²) >= 11 is 0. The number of nitrogens with one attached hydrogen (secondary N) is 2. The highest BCUT2D eigenvalue weighted by atomic mass is 35.5. The smallest absolute Gasteiger partial charge is 0.237 e. The van der Waals surface area contributed by atoms with E-state index in [1.807, 2.05) is 0 Å². The van der Waals surface area contributed by atoms with Crippen LogP contribution in [0.1, 0.15) is 32.6 Å². The van der Waals surface area contributed by atoms with Crippen LogP contribution >= 0.6 is 12.4 Å². The Labute approximate surface area is 103 Å². The van der Waals surface area contributed by atoms with Crippen LogP contribution in [0.4, 0.5) is 0 Å². The molecule has 2 fully saturated rings. The van der Waals surface area contributed by atoms with Crippen LogP contribution in [-0.4, -0.2) is 35.7 Å². The molecule has 3 N–H and O–H groups in total. The van der Waals surface area contributed by atoms with E-state index in [0.717, 1.165) is 12.3 Å². The lowest BCUT2D eigenvalue weighted by Crippen LogP contribution is -2.44. The van der Waals surface area contributed by atoms with Crippen molar-refractivity contribution in [3.05, 3.63) is 0 Å². The van der Waals surface area contributed by atoms with Crippen molar-refractivity contribution >= 4 is 18.3 Å². The van der Waals surface area contributed by atoms with Gasteiger partial charge in [0, 0.05) is 12.6 Å². The summed E-state index contributed by atoms with van der Waals surface area (Å²) in [6, 6.07) is 0.0752.